The summed E-state index contributed by atoms with van der Waals surface area (Å²) in [5.74, 6) is 0.112. The summed E-state index contributed by atoms with van der Waals surface area (Å²) in [4.78, 5) is 0. The molecule has 102 valence electrons. The highest BCUT2D eigenvalue weighted by molar-refractivity contribution is 7.90. The first-order valence-corrected chi connectivity index (χ1v) is 7.28. The van der Waals surface area contributed by atoms with E-state index in [1.807, 2.05) is 0 Å². The van der Waals surface area contributed by atoms with Crippen molar-refractivity contribution in [3.05, 3.63) is 29.8 Å². The van der Waals surface area contributed by atoms with Gasteiger partial charge in [-0.1, -0.05) is 18.2 Å². The van der Waals surface area contributed by atoms with Crippen LogP contribution < -0.4 is 0 Å². The molecule has 18 heavy (non-hydrogen) atoms. The summed E-state index contributed by atoms with van der Waals surface area (Å²) in [7, 11) is -1.88. The molecule has 0 aliphatic rings. The van der Waals surface area contributed by atoms with Crippen molar-refractivity contribution in [1.82, 2.24) is 4.31 Å². The lowest BCUT2D eigenvalue weighted by Crippen LogP contribution is -2.41. The minimum absolute atomic E-state index is 0.112. The molecular weight excluding hydrogens is 250 g/mol. The van der Waals surface area contributed by atoms with Crippen molar-refractivity contribution in [1.29, 1.82) is 0 Å². The number of hydrogen-bond donors (Lipinski definition) is 1. The van der Waals surface area contributed by atoms with Crippen molar-refractivity contribution in [3.63, 3.8) is 0 Å². The second kappa shape index (κ2) is 4.90. The highest BCUT2D eigenvalue weighted by Gasteiger charge is 2.36. The Hall–Kier alpha value is -1.07. The SMILES string of the molecule is CC(c1ccccc1O)N(C)S(=O)(=O)C(C)(C)C. The topological polar surface area (TPSA) is 57.6 Å². The molecule has 1 unspecified atom stereocenters. The largest absolute Gasteiger partial charge is 0.508 e. The minimum atomic E-state index is -3.42. The Morgan fingerprint density at radius 3 is 2.17 bits per heavy atom. The zero-order valence-corrected chi connectivity index (χ0v) is 12.3. The maximum atomic E-state index is 12.3. The maximum Gasteiger partial charge on any atom is 0.219 e. The zero-order valence-electron chi connectivity index (χ0n) is 11.5. The van der Waals surface area contributed by atoms with E-state index in [-0.39, 0.29) is 5.75 Å². The smallest absolute Gasteiger partial charge is 0.219 e. The van der Waals surface area contributed by atoms with E-state index in [0.717, 1.165) is 0 Å². The fourth-order valence-corrected chi connectivity index (χ4v) is 3.07. The van der Waals surface area contributed by atoms with Crippen LogP contribution in [0.25, 0.3) is 0 Å². The first-order valence-electron chi connectivity index (χ1n) is 5.84. The van der Waals surface area contributed by atoms with Crippen molar-refractivity contribution < 1.29 is 13.5 Å². The number of sulfonamides is 1. The van der Waals surface area contributed by atoms with Gasteiger partial charge in [-0.05, 0) is 33.8 Å². The van der Waals surface area contributed by atoms with E-state index in [0.29, 0.717) is 5.56 Å². The standard InChI is InChI=1S/C13H21NO3S/c1-10(11-8-6-7-9-12(11)15)14(5)18(16,17)13(2,3)4/h6-10,15H,1-5H3. The Morgan fingerprint density at radius 1 is 1.22 bits per heavy atom. The van der Waals surface area contributed by atoms with Gasteiger partial charge in [-0.15, -0.1) is 0 Å². The Kier molecular flexibility index (Phi) is 4.08. The maximum absolute atomic E-state index is 12.3. The highest BCUT2D eigenvalue weighted by Crippen LogP contribution is 2.32. The molecule has 1 aromatic rings. The molecule has 0 spiro atoms. The molecule has 1 aromatic carbocycles. The molecule has 1 N–H and O–H groups in total. The lowest BCUT2D eigenvalue weighted by atomic mass is 10.1. The number of aromatic hydroxyl groups is 1. The van der Waals surface area contributed by atoms with Gasteiger partial charge in [0.2, 0.25) is 10.0 Å². The van der Waals surface area contributed by atoms with E-state index in [9.17, 15) is 13.5 Å². The Bertz CT molecular complexity index is 517. The fourth-order valence-electron chi connectivity index (χ4n) is 1.68. The van der Waals surface area contributed by atoms with Crippen LogP contribution in [0.5, 0.6) is 5.75 Å². The summed E-state index contributed by atoms with van der Waals surface area (Å²) >= 11 is 0. The molecule has 4 nitrogen and oxygen atoms in total. The van der Waals surface area contributed by atoms with Crippen LogP contribution in [-0.4, -0.2) is 29.6 Å². The third-order valence-electron chi connectivity index (χ3n) is 3.09. The molecule has 0 amide bonds. The average molecular weight is 271 g/mol. The molecule has 0 fully saturated rings. The van der Waals surface area contributed by atoms with Gasteiger partial charge < -0.3 is 5.11 Å². The van der Waals surface area contributed by atoms with E-state index in [4.69, 9.17) is 0 Å². The lowest BCUT2D eigenvalue weighted by Gasteiger charge is -2.31. The van der Waals surface area contributed by atoms with Crippen LogP contribution in [0.3, 0.4) is 0 Å². The van der Waals surface area contributed by atoms with Gasteiger partial charge in [0, 0.05) is 12.6 Å². The summed E-state index contributed by atoms with van der Waals surface area (Å²) in [6.07, 6.45) is 0. The van der Waals surface area contributed by atoms with Gasteiger partial charge in [-0.2, -0.15) is 4.31 Å². The van der Waals surface area contributed by atoms with Crippen molar-refractivity contribution in [2.75, 3.05) is 7.05 Å². The number of benzene rings is 1. The minimum Gasteiger partial charge on any atom is -0.508 e. The van der Waals surface area contributed by atoms with Gasteiger partial charge in [0.15, 0.2) is 0 Å². The van der Waals surface area contributed by atoms with Crippen LogP contribution in [0, 0.1) is 0 Å². The first kappa shape index (κ1) is 15.0. The molecular formula is C13H21NO3S. The van der Waals surface area contributed by atoms with E-state index >= 15 is 0 Å². The van der Waals surface area contributed by atoms with Gasteiger partial charge in [0.1, 0.15) is 5.75 Å². The van der Waals surface area contributed by atoms with Gasteiger partial charge in [0.25, 0.3) is 0 Å². The van der Waals surface area contributed by atoms with Gasteiger partial charge in [-0.3, -0.25) is 0 Å². The predicted octanol–water partition coefficient (Wildman–Crippen LogP) is 2.51. The Morgan fingerprint density at radius 2 is 1.72 bits per heavy atom. The van der Waals surface area contributed by atoms with Crippen LogP contribution in [-0.2, 0) is 10.0 Å². The summed E-state index contributed by atoms with van der Waals surface area (Å²) < 4.78 is 25.1. The van der Waals surface area contributed by atoms with Crippen molar-refractivity contribution in [2.24, 2.45) is 0 Å². The second-order valence-electron chi connectivity index (χ2n) is 5.37. The Balaban J connectivity index is 3.14. The molecule has 1 atom stereocenters. The van der Waals surface area contributed by atoms with Crippen LogP contribution in [0.2, 0.25) is 0 Å². The molecule has 0 saturated heterocycles. The summed E-state index contributed by atoms with van der Waals surface area (Å²) in [6, 6.07) is 6.38. The number of para-hydroxylation sites is 1. The molecule has 0 radical (unpaired) electrons. The van der Waals surface area contributed by atoms with E-state index in [2.05, 4.69) is 0 Å². The van der Waals surface area contributed by atoms with Gasteiger partial charge in [0.05, 0.1) is 10.8 Å². The van der Waals surface area contributed by atoms with Gasteiger partial charge >= 0.3 is 0 Å². The molecule has 0 aromatic heterocycles. The lowest BCUT2D eigenvalue weighted by molar-refractivity contribution is 0.369. The van der Waals surface area contributed by atoms with Crippen LogP contribution in [0.1, 0.15) is 39.3 Å². The normalized spacial score (nSPS) is 14.8. The Labute approximate surface area is 109 Å². The van der Waals surface area contributed by atoms with E-state index < -0.39 is 20.8 Å². The quantitative estimate of drug-likeness (QED) is 0.919. The molecule has 0 aliphatic heterocycles. The molecule has 0 saturated carbocycles. The third kappa shape index (κ3) is 2.67. The van der Waals surface area contributed by atoms with E-state index in [1.165, 1.54) is 11.4 Å². The average Bonchev–Trinajstić information content (AvgIpc) is 2.26. The van der Waals surface area contributed by atoms with Crippen molar-refractivity contribution in [3.8, 4) is 5.75 Å². The number of nitrogens with zero attached hydrogens (tertiary/aromatic N) is 1. The van der Waals surface area contributed by atoms with Gasteiger partial charge in [-0.25, -0.2) is 8.42 Å². The first-order chi connectivity index (χ1) is 8.09. The van der Waals surface area contributed by atoms with Crippen LogP contribution >= 0.6 is 0 Å². The van der Waals surface area contributed by atoms with E-state index in [1.54, 1.807) is 52.0 Å². The fraction of sp³-hybridized carbons (Fsp3) is 0.538. The highest BCUT2D eigenvalue weighted by atomic mass is 32.2. The molecule has 5 heteroatoms. The molecule has 0 bridgehead atoms. The predicted molar refractivity (Wildman–Crippen MR) is 73.0 cm³/mol. The summed E-state index contributed by atoms with van der Waals surface area (Å²) in [5.41, 5.74) is 0.604. The van der Waals surface area contributed by atoms with Crippen molar-refractivity contribution in [2.45, 2.75) is 38.5 Å². The molecule has 0 aliphatic carbocycles. The summed E-state index contributed by atoms with van der Waals surface area (Å²) in [5, 5.41) is 9.78. The van der Waals surface area contributed by atoms with Crippen molar-refractivity contribution >= 4 is 10.0 Å². The van der Waals surface area contributed by atoms with Crippen LogP contribution in [0.4, 0.5) is 0 Å². The zero-order chi connectivity index (χ0) is 14.1. The monoisotopic (exact) mass is 271 g/mol. The number of phenols is 1. The second-order valence-corrected chi connectivity index (χ2v) is 8.12. The molecule has 1 rings (SSSR count). The summed E-state index contributed by atoms with van der Waals surface area (Å²) in [6.45, 7) is 6.75. The third-order valence-corrected chi connectivity index (χ3v) is 5.71. The number of hydrogen-bond acceptors (Lipinski definition) is 3. The number of phenolic OH excluding ortho intramolecular Hbond substituents is 1. The molecule has 0 heterocycles. The number of rotatable bonds is 3. The van der Waals surface area contributed by atoms with Crippen LogP contribution in [0.15, 0.2) is 24.3 Å².